The largest absolute Gasteiger partial charge is 0.416 e. The molecule has 0 aliphatic rings. The van der Waals surface area contributed by atoms with Gasteiger partial charge in [0.1, 0.15) is 6.10 Å². The average Bonchev–Trinajstić information content (AvgIpc) is 2.59. The Bertz CT molecular complexity index is 738. The van der Waals surface area contributed by atoms with Crippen molar-refractivity contribution in [3.63, 3.8) is 0 Å². The smallest absolute Gasteiger partial charge is 0.354 e. The van der Waals surface area contributed by atoms with E-state index in [1.807, 2.05) is 30.3 Å². The van der Waals surface area contributed by atoms with Crippen molar-refractivity contribution in [2.24, 2.45) is 0 Å². The summed E-state index contributed by atoms with van der Waals surface area (Å²) in [7, 11) is 1.49. The number of rotatable bonds is 4. The first-order valence-electron chi connectivity index (χ1n) is 7.68. The Morgan fingerprint density at radius 3 is 2.04 bits per heavy atom. The van der Waals surface area contributed by atoms with Gasteiger partial charge < -0.3 is 9.47 Å². The van der Waals surface area contributed by atoms with Crippen LogP contribution in [0.4, 0.5) is 13.2 Å². The summed E-state index contributed by atoms with van der Waals surface area (Å²) in [4.78, 5) is 0. The lowest BCUT2D eigenvalue weighted by atomic mass is 10.1. The number of methoxy groups -OCH3 is 1. The summed E-state index contributed by atoms with van der Waals surface area (Å²) in [6.45, 7) is 3.43. The second kappa shape index (κ2) is 7.73. The summed E-state index contributed by atoms with van der Waals surface area (Å²) in [5.74, 6) is 5.02. The molecule has 132 valence electrons. The Morgan fingerprint density at radius 2 is 1.52 bits per heavy atom. The molecule has 5 heteroatoms. The third kappa shape index (κ3) is 5.63. The lowest BCUT2D eigenvalue weighted by Gasteiger charge is -2.27. The third-order valence-electron chi connectivity index (χ3n) is 3.56. The molecule has 0 amide bonds. The average molecular weight is 348 g/mol. The number of hydrogen-bond acceptors (Lipinski definition) is 2. The highest BCUT2D eigenvalue weighted by atomic mass is 19.4. The van der Waals surface area contributed by atoms with Crippen molar-refractivity contribution in [3.8, 4) is 11.8 Å². The van der Waals surface area contributed by atoms with E-state index < -0.39 is 23.6 Å². The molecule has 0 fully saturated rings. The van der Waals surface area contributed by atoms with E-state index in [9.17, 15) is 13.2 Å². The van der Waals surface area contributed by atoms with Crippen molar-refractivity contribution in [2.45, 2.75) is 31.9 Å². The Balaban J connectivity index is 2.33. The molecule has 0 aliphatic heterocycles. The summed E-state index contributed by atoms with van der Waals surface area (Å²) in [6.07, 6.45) is -5.10. The topological polar surface area (TPSA) is 18.5 Å². The minimum absolute atomic E-state index is 0.529. The molecule has 0 saturated carbocycles. The highest BCUT2D eigenvalue weighted by Crippen LogP contribution is 2.31. The van der Waals surface area contributed by atoms with E-state index in [-0.39, 0.29) is 0 Å². The molecule has 0 saturated heterocycles. The third-order valence-corrected chi connectivity index (χ3v) is 3.56. The minimum Gasteiger partial charge on any atom is -0.354 e. The maximum absolute atomic E-state index is 12.7. The van der Waals surface area contributed by atoms with Crippen molar-refractivity contribution in [2.75, 3.05) is 7.11 Å². The molecule has 0 radical (unpaired) electrons. The summed E-state index contributed by atoms with van der Waals surface area (Å²) in [6, 6.07) is 14.1. The molecular formula is C20H19F3O2. The van der Waals surface area contributed by atoms with E-state index >= 15 is 0 Å². The van der Waals surface area contributed by atoms with Crippen molar-refractivity contribution in [3.05, 3.63) is 71.3 Å². The first-order valence-corrected chi connectivity index (χ1v) is 7.68. The Kier molecular flexibility index (Phi) is 5.89. The second-order valence-corrected chi connectivity index (χ2v) is 5.86. The van der Waals surface area contributed by atoms with Gasteiger partial charge in [-0.25, -0.2) is 0 Å². The van der Waals surface area contributed by atoms with Crippen LogP contribution in [0.25, 0.3) is 0 Å². The molecule has 0 bridgehead atoms. The molecular weight excluding hydrogens is 329 g/mol. The van der Waals surface area contributed by atoms with Crippen LogP contribution >= 0.6 is 0 Å². The van der Waals surface area contributed by atoms with Gasteiger partial charge in [-0.3, -0.25) is 0 Å². The van der Waals surface area contributed by atoms with Crippen LogP contribution in [0.2, 0.25) is 0 Å². The fraction of sp³-hybridized carbons (Fsp3) is 0.300. The minimum atomic E-state index is -4.38. The monoisotopic (exact) mass is 348 g/mol. The molecule has 1 unspecified atom stereocenters. The molecule has 2 rings (SSSR count). The molecule has 0 heterocycles. The zero-order valence-electron chi connectivity index (χ0n) is 14.2. The fourth-order valence-corrected chi connectivity index (χ4v) is 2.03. The van der Waals surface area contributed by atoms with Crippen molar-refractivity contribution >= 4 is 0 Å². The second-order valence-electron chi connectivity index (χ2n) is 5.86. The predicted octanol–water partition coefficient (Wildman–Crippen LogP) is 5.20. The van der Waals surface area contributed by atoms with E-state index in [1.54, 1.807) is 13.8 Å². The van der Waals surface area contributed by atoms with Gasteiger partial charge in [-0.1, -0.05) is 42.2 Å². The molecule has 2 aromatic carbocycles. The summed E-state index contributed by atoms with van der Waals surface area (Å²) < 4.78 is 49.3. The van der Waals surface area contributed by atoms with Gasteiger partial charge in [0, 0.05) is 12.7 Å². The molecule has 1 atom stereocenters. The van der Waals surface area contributed by atoms with Gasteiger partial charge in [0.15, 0.2) is 5.79 Å². The van der Waals surface area contributed by atoms with Gasteiger partial charge in [-0.2, -0.15) is 13.2 Å². The van der Waals surface area contributed by atoms with Gasteiger partial charge >= 0.3 is 6.18 Å². The van der Waals surface area contributed by atoms with Crippen LogP contribution < -0.4 is 0 Å². The van der Waals surface area contributed by atoms with Crippen LogP contribution in [0.5, 0.6) is 0 Å². The Labute approximate surface area is 145 Å². The highest BCUT2D eigenvalue weighted by Gasteiger charge is 2.30. The van der Waals surface area contributed by atoms with Crippen molar-refractivity contribution in [1.82, 2.24) is 0 Å². The first-order chi connectivity index (χ1) is 11.7. The quantitative estimate of drug-likeness (QED) is 0.559. The van der Waals surface area contributed by atoms with E-state index in [0.29, 0.717) is 5.56 Å². The van der Waals surface area contributed by atoms with Crippen molar-refractivity contribution in [1.29, 1.82) is 0 Å². The van der Waals surface area contributed by atoms with E-state index in [4.69, 9.17) is 9.47 Å². The molecule has 0 N–H and O–H groups in total. The van der Waals surface area contributed by atoms with E-state index in [1.165, 1.54) is 19.2 Å². The zero-order valence-corrected chi connectivity index (χ0v) is 14.2. The Hall–Kier alpha value is -2.29. The van der Waals surface area contributed by atoms with Crippen LogP contribution in [0.1, 0.15) is 36.6 Å². The van der Waals surface area contributed by atoms with Crippen molar-refractivity contribution < 1.29 is 22.6 Å². The standard InChI is InChI=1S/C20H19F3O2/c1-19(2,24-3)25-18(14-9-15-7-5-4-6-8-15)16-10-12-17(13-11-16)20(21,22)23/h4-8,10-13,18H,1-3H3. The molecule has 0 aliphatic carbocycles. The summed E-state index contributed by atoms with van der Waals surface area (Å²) >= 11 is 0. The van der Waals surface area contributed by atoms with Crippen LogP contribution in [-0.2, 0) is 15.7 Å². The van der Waals surface area contributed by atoms with Gasteiger partial charge in [0.25, 0.3) is 0 Å². The van der Waals surface area contributed by atoms with Gasteiger partial charge in [-0.05, 0) is 43.7 Å². The van der Waals surface area contributed by atoms with Gasteiger partial charge in [0.05, 0.1) is 5.56 Å². The maximum Gasteiger partial charge on any atom is 0.416 e. The van der Waals surface area contributed by atoms with E-state index in [2.05, 4.69) is 11.8 Å². The fourth-order valence-electron chi connectivity index (χ4n) is 2.03. The Morgan fingerprint density at radius 1 is 0.920 bits per heavy atom. The zero-order chi connectivity index (χ0) is 18.5. The van der Waals surface area contributed by atoms with Crippen LogP contribution in [0.3, 0.4) is 0 Å². The van der Waals surface area contributed by atoms with Crippen LogP contribution in [0.15, 0.2) is 54.6 Å². The first kappa shape index (κ1) is 19.0. The molecule has 2 aromatic rings. The molecule has 0 spiro atoms. The van der Waals surface area contributed by atoms with Gasteiger partial charge in [-0.15, -0.1) is 0 Å². The lowest BCUT2D eigenvalue weighted by molar-refractivity contribution is -0.213. The number of alkyl halides is 3. The summed E-state index contributed by atoms with van der Waals surface area (Å²) in [5, 5.41) is 0. The lowest BCUT2D eigenvalue weighted by Crippen LogP contribution is -2.28. The van der Waals surface area contributed by atoms with E-state index in [0.717, 1.165) is 17.7 Å². The maximum atomic E-state index is 12.7. The number of ether oxygens (including phenoxy) is 2. The van der Waals surface area contributed by atoms with Gasteiger partial charge in [0.2, 0.25) is 0 Å². The summed E-state index contributed by atoms with van der Waals surface area (Å²) in [5.41, 5.74) is 0.608. The number of halogens is 3. The highest BCUT2D eigenvalue weighted by molar-refractivity contribution is 5.37. The number of hydrogen-bond donors (Lipinski definition) is 0. The molecule has 2 nitrogen and oxygen atoms in total. The van der Waals surface area contributed by atoms with Crippen LogP contribution in [-0.4, -0.2) is 12.9 Å². The number of benzene rings is 2. The molecule has 25 heavy (non-hydrogen) atoms. The SMILES string of the molecule is COC(C)(C)OC(C#Cc1ccccc1)c1ccc(C(F)(F)F)cc1. The molecule has 0 aromatic heterocycles. The predicted molar refractivity (Wildman–Crippen MR) is 89.7 cm³/mol. The normalized spacial score (nSPS) is 13.0. The van der Waals surface area contributed by atoms with Crippen LogP contribution in [0, 0.1) is 11.8 Å².